The van der Waals surface area contributed by atoms with Gasteiger partial charge >= 0.3 is 0 Å². The molecule has 0 spiro atoms. The first-order valence-electron chi connectivity index (χ1n) is 6.69. The molecule has 2 rings (SSSR count). The van der Waals surface area contributed by atoms with E-state index in [1.165, 1.54) is 16.7 Å². The summed E-state index contributed by atoms with van der Waals surface area (Å²) in [5.41, 5.74) is 7.67. The fourth-order valence-corrected chi connectivity index (χ4v) is 2.15. The van der Waals surface area contributed by atoms with Crippen LogP contribution in [-0.4, -0.2) is 4.98 Å². The maximum Gasteiger partial charge on any atom is 0.0672 e. The molecule has 3 nitrogen and oxygen atoms in total. The predicted molar refractivity (Wildman–Crippen MR) is 78.6 cm³/mol. The molecule has 0 radical (unpaired) electrons. The number of benzene rings is 1. The van der Waals surface area contributed by atoms with Crippen LogP contribution in [0.1, 0.15) is 35.3 Å². The summed E-state index contributed by atoms with van der Waals surface area (Å²) in [5, 5.41) is 0. The van der Waals surface area contributed by atoms with E-state index < -0.39 is 0 Å². The van der Waals surface area contributed by atoms with Gasteiger partial charge in [-0.25, -0.2) is 0 Å². The minimum absolute atomic E-state index is 0.0485. The van der Waals surface area contributed by atoms with Crippen molar-refractivity contribution in [2.24, 2.45) is 5.84 Å². The van der Waals surface area contributed by atoms with Gasteiger partial charge in [-0.15, -0.1) is 0 Å². The Hall–Kier alpha value is -1.71. The van der Waals surface area contributed by atoms with E-state index in [1.807, 2.05) is 12.3 Å². The number of nitrogens with two attached hydrogens (primary N) is 1. The maximum absolute atomic E-state index is 5.67. The van der Waals surface area contributed by atoms with Crippen LogP contribution in [0.4, 0.5) is 0 Å². The van der Waals surface area contributed by atoms with Crippen molar-refractivity contribution in [1.82, 2.24) is 10.4 Å². The van der Waals surface area contributed by atoms with Gasteiger partial charge in [0.1, 0.15) is 0 Å². The Balaban J connectivity index is 2.14. The second kappa shape index (κ2) is 6.45. The molecule has 3 N–H and O–H groups in total. The minimum Gasteiger partial charge on any atom is -0.271 e. The van der Waals surface area contributed by atoms with Gasteiger partial charge in [0.2, 0.25) is 0 Å². The van der Waals surface area contributed by atoms with Gasteiger partial charge in [-0.2, -0.15) is 0 Å². The topological polar surface area (TPSA) is 50.9 Å². The van der Waals surface area contributed by atoms with E-state index in [9.17, 15) is 0 Å². The number of hydrazine groups is 1. The van der Waals surface area contributed by atoms with Crippen molar-refractivity contribution in [3.8, 4) is 0 Å². The van der Waals surface area contributed by atoms with Crippen molar-refractivity contribution >= 4 is 0 Å². The lowest BCUT2D eigenvalue weighted by molar-refractivity contribution is 0.538. The molecule has 1 aromatic carbocycles. The van der Waals surface area contributed by atoms with Crippen LogP contribution < -0.4 is 11.3 Å². The monoisotopic (exact) mass is 255 g/mol. The Morgan fingerprint density at radius 3 is 2.42 bits per heavy atom. The molecule has 0 aliphatic heterocycles. The molecule has 2 aromatic rings. The van der Waals surface area contributed by atoms with Crippen LogP contribution in [0.3, 0.4) is 0 Å². The van der Waals surface area contributed by atoms with Crippen LogP contribution in [0.15, 0.2) is 42.6 Å². The highest BCUT2D eigenvalue weighted by atomic mass is 15.2. The molecule has 1 atom stereocenters. The number of nitrogens with zero attached hydrogens (tertiary/aromatic N) is 1. The lowest BCUT2D eigenvalue weighted by Gasteiger charge is -2.16. The number of rotatable bonds is 5. The van der Waals surface area contributed by atoms with E-state index in [2.05, 4.69) is 54.6 Å². The van der Waals surface area contributed by atoms with Crippen LogP contribution in [-0.2, 0) is 12.8 Å². The highest BCUT2D eigenvalue weighted by Crippen LogP contribution is 2.17. The lowest BCUT2D eigenvalue weighted by atomic mass is 10.0. The molecule has 100 valence electrons. The van der Waals surface area contributed by atoms with Gasteiger partial charge in [0, 0.05) is 6.20 Å². The highest BCUT2D eigenvalue weighted by Gasteiger charge is 2.12. The highest BCUT2D eigenvalue weighted by molar-refractivity contribution is 5.25. The molecular formula is C16H21N3. The second-order valence-electron chi connectivity index (χ2n) is 4.85. The van der Waals surface area contributed by atoms with Gasteiger partial charge in [-0.1, -0.05) is 31.2 Å². The van der Waals surface area contributed by atoms with E-state index in [1.54, 1.807) is 0 Å². The van der Waals surface area contributed by atoms with Gasteiger partial charge in [-0.3, -0.25) is 16.3 Å². The van der Waals surface area contributed by atoms with Crippen LogP contribution >= 0.6 is 0 Å². The number of aryl methyl sites for hydroxylation is 2. The fraction of sp³-hybridized carbons (Fsp3) is 0.312. The first-order valence-corrected chi connectivity index (χ1v) is 6.69. The molecule has 0 saturated carbocycles. The number of pyridine rings is 1. The Bertz CT molecular complexity index is 520. The largest absolute Gasteiger partial charge is 0.271 e. The van der Waals surface area contributed by atoms with Crippen molar-refractivity contribution in [3.05, 3.63) is 65.0 Å². The zero-order valence-electron chi connectivity index (χ0n) is 11.6. The van der Waals surface area contributed by atoms with Gasteiger partial charge in [0.25, 0.3) is 0 Å². The number of aromatic nitrogens is 1. The van der Waals surface area contributed by atoms with E-state index in [4.69, 9.17) is 5.84 Å². The third-order valence-corrected chi connectivity index (χ3v) is 3.37. The van der Waals surface area contributed by atoms with Crippen LogP contribution in [0.2, 0.25) is 0 Å². The van der Waals surface area contributed by atoms with Crippen LogP contribution in [0.5, 0.6) is 0 Å². The molecule has 19 heavy (non-hydrogen) atoms. The summed E-state index contributed by atoms with van der Waals surface area (Å²) in [5.74, 6) is 5.67. The Morgan fingerprint density at radius 2 is 1.84 bits per heavy atom. The first-order chi connectivity index (χ1) is 9.22. The van der Waals surface area contributed by atoms with Crippen molar-refractivity contribution in [2.75, 3.05) is 0 Å². The normalized spacial score (nSPS) is 12.4. The summed E-state index contributed by atoms with van der Waals surface area (Å²) in [6.45, 7) is 4.23. The number of nitrogens with one attached hydrogen (secondary N) is 1. The Morgan fingerprint density at radius 1 is 1.16 bits per heavy atom. The van der Waals surface area contributed by atoms with Crippen molar-refractivity contribution in [2.45, 2.75) is 32.7 Å². The SMILES string of the molecule is CCc1ccc(CC(NN)c2cc(C)ccn2)cc1. The number of hydrogen-bond acceptors (Lipinski definition) is 3. The third kappa shape index (κ3) is 3.63. The lowest BCUT2D eigenvalue weighted by Crippen LogP contribution is -2.30. The number of hydrogen-bond donors (Lipinski definition) is 2. The zero-order valence-corrected chi connectivity index (χ0v) is 11.6. The summed E-state index contributed by atoms with van der Waals surface area (Å²) in [6, 6.07) is 12.8. The second-order valence-corrected chi connectivity index (χ2v) is 4.85. The fourth-order valence-electron chi connectivity index (χ4n) is 2.15. The summed E-state index contributed by atoms with van der Waals surface area (Å²) >= 11 is 0. The maximum atomic E-state index is 5.67. The molecule has 1 heterocycles. The Labute approximate surface area is 114 Å². The van der Waals surface area contributed by atoms with E-state index >= 15 is 0 Å². The summed E-state index contributed by atoms with van der Waals surface area (Å²) in [4.78, 5) is 4.40. The van der Waals surface area contributed by atoms with E-state index in [-0.39, 0.29) is 6.04 Å². The van der Waals surface area contributed by atoms with Crippen molar-refractivity contribution < 1.29 is 0 Å². The molecule has 1 unspecified atom stereocenters. The minimum atomic E-state index is 0.0485. The summed E-state index contributed by atoms with van der Waals surface area (Å²) < 4.78 is 0. The van der Waals surface area contributed by atoms with E-state index in [0.29, 0.717) is 0 Å². The molecule has 3 heteroatoms. The molecule has 0 saturated heterocycles. The zero-order chi connectivity index (χ0) is 13.7. The Kier molecular flexibility index (Phi) is 4.66. The van der Waals surface area contributed by atoms with Crippen LogP contribution in [0, 0.1) is 6.92 Å². The van der Waals surface area contributed by atoms with Gasteiger partial charge in [0.05, 0.1) is 11.7 Å². The summed E-state index contributed by atoms with van der Waals surface area (Å²) in [7, 11) is 0. The average molecular weight is 255 g/mol. The summed E-state index contributed by atoms with van der Waals surface area (Å²) in [6.07, 6.45) is 3.74. The van der Waals surface area contributed by atoms with Gasteiger partial charge in [-0.05, 0) is 48.6 Å². The van der Waals surface area contributed by atoms with Gasteiger partial charge in [0.15, 0.2) is 0 Å². The smallest absolute Gasteiger partial charge is 0.0672 e. The van der Waals surface area contributed by atoms with Crippen molar-refractivity contribution in [3.63, 3.8) is 0 Å². The molecule has 0 aliphatic carbocycles. The van der Waals surface area contributed by atoms with Gasteiger partial charge < -0.3 is 0 Å². The molecular weight excluding hydrogens is 234 g/mol. The molecule has 0 amide bonds. The van der Waals surface area contributed by atoms with Crippen LogP contribution in [0.25, 0.3) is 0 Å². The average Bonchev–Trinajstić information content (AvgIpc) is 2.45. The molecule has 0 bridgehead atoms. The third-order valence-electron chi connectivity index (χ3n) is 3.37. The molecule has 0 fully saturated rings. The van der Waals surface area contributed by atoms with Crippen molar-refractivity contribution in [1.29, 1.82) is 0 Å². The predicted octanol–water partition coefficient (Wildman–Crippen LogP) is 2.70. The molecule has 1 aromatic heterocycles. The first kappa shape index (κ1) is 13.7. The standard InChI is InChI=1S/C16H21N3/c1-3-13-4-6-14(7-5-13)11-16(19-17)15-10-12(2)8-9-18-15/h4-10,16,19H,3,11,17H2,1-2H3. The molecule has 0 aliphatic rings. The van der Waals surface area contributed by atoms with E-state index in [0.717, 1.165) is 18.5 Å². The quantitative estimate of drug-likeness (QED) is 0.638.